The molecule has 1 unspecified atom stereocenters. The molecule has 0 aliphatic rings. The molecule has 0 fully saturated rings. The van der Waals surface area contributed by atoms with Gasteiger partial charge in [0.15, 0.2) is 11.6 Å². The van der Waals surface area contributed by atoms with Crippen molar-refractivity contribution in [1.82, 2.24) is 0 Å². The minimum Gasteiger partial charge on any atom is -0.467 e. The number of carbonyl (C=O) groups excluding carboxylic acids is 1. The third kappa shape index (κ3) is 3.40. The standard InChI is InChI=1S/C12H14F2N2O4/c1-6(2)10(12(17)20-3)15-11-8(13)4-7(16(18)19)5-9(11)14/h4-6,10,15H,1-3H3. The topological polar surface area (TPSA) is 81.5 Å². The lowest BCUT2D eigenvalue weighted by Gasteiger charge is -2.21. The largest absolute Gasteiger partial charge is 0.467 e. The molecule has 1 aromatic carbocycles. The molecule has 6 nitrogen and oxygen atoms in total. The average molecular weight is 288 g/mol. The molecule has 0 aromatic heterocycles. The Morgan fingerprint density at radius 1 is 1.35 bits per heavy atom. The Balaban J connectivity index is 3.14. The fourth-order valence-corrected chi connectivity index (χ4v) is 1.58. The Morgan fingerprint density at radius 2 is 1.85 bits per heavy atom. The van der Waals surface area contributed by atoms with Gasteiger partial charge in [0.1, 0.15) is 11.7 Å². The Kier molecular flexibility index (Phi) is 4.95. The number of nitro groups is 1. The van der Waals surface area contributed by atoms with Gasteiger partial charge in [0.2, 0.25) is 0 Å². The summed E-state index contributed by atoms with van der Waals surface area (Å²) >= 11 is 0. The number of hydrogen-bond donors (Lipinski definition) is 1. The first-order valence-corrected chi connectivity index (χ1v) is 5.75. The predicted octanol–water partition coefficient (Wildman–Crippen LogP) is 2.48. The van der Waals surface area contributed by atoms with E-state index in [1.165, 1.54) is 0 Å². The molecule has 20 heavy (non-hydrogen) atoms. The van der Waals surface area contributed by atoms with Crippen molar-refractivity contribution < 1.29 is 23.2 Å². The van der Waals surface area contributed by atoms with Gasteiger partial charge in [0.05, 0.1) is 24.2 Å². The third-order valence-electron chi connectivity index (χ3n) is 2.66. The van der Waals surface area contributed by atoms with Crippen LogP contribution < -0.4 is 5.32 Å². The molecule has 0 amide bonds. The summed E-state index contributed by atoms with van der Waals surface area (Å²) in [7, 11) is 1.15. The van der Waals surface area contributed by atoms with Crippen molar-refractivity contribution in [1.29, 1.82) is 0 Å². The number of benzene rings is 1. The molecule has 0 saturated heterocycles. The van der Waals surface area contributed by atoms with Crippen LogP contribution in [0.25, 0.3) is 0 Å². The van der Waals surface area contributed by atoms with Crippen LogP contribution in [-0.2, 0) is 9.53 Å². The molecule has 0 aliphatic carbocycles. The Labute approximate surface area is 113 Å². The number of rotatable bonds is 5. The second-order valence-electron chi connectivity index (χ2n) is 4.43. The van der Waals surface area contributed by atoms with E-state index in [1.807, 2.05) is 0 Å². The van der Waals surface area contributed by atoms with Gasteiger partial charge >= 0.3 is 5.97 Å². The first kappa shape index (κ1) is 15.8. The van der Waals surface area contributed by atoms with Crippen molar-refractivity contribution in [3.63, 3.8) is 0 Å². The molecule has 1 rings (SSSR count). The number of nitrogens with zero attached hydrogens (tertiary/aromatic N) is 1. The van der Waals surface area contributed by atoms with Crippen molar-refractivity contribution in [3.05, 3.63) is 33.9 Å². The minimum absolute atomic E-state index is 0.295. The summed E-state index contributed by atoms with van der Waals surface area (Å²) in [5.41, 5.74) is -1.30. The van der Waals surface area contributed by atoms with Gasteiger partial charge in [-0.05, 0) is 5.92 Å². The molecule has 1 atom stereocenters. The van der Waals surface area contributed by atoms with Gasteiger partial charge in [-0.3, -0.25) is 10.1 Å². The van der Waals surface area contributed by atoms with Crippen LogP contribution in [0.5, 0.6) is 0 Å². The van der Waals surface area contributed by atoms with E-state index in [-0.39, 0.29) is 5.92 Å². The molecule has 0 radical (unpaired) electrons. The van der Waals surface area contributed by atoms with E-state index in [2.05, 4.69) is 10.1 Å². The normalized spacial score (nSPS) is 12.1. The van der Waals surface area contributed by atoms with Crippen LogP contribution in [-0.4, -0.2) is 24.0 Å². The van der Waals surface area contributed by atoms with Crippen LogP contribution >= 0.6 is 0 Å². The Bertz CT molecular complexity index is 511. The van der Waals surface area contributed by atoms with Gasteiger partial charge in [-0.1, -0.05) is 13.8 Å². The second kappa shape index (κ2) is 6.27. The van der Waals surface area contributed by atoms with Crippen LogP contribution in [0.4, 0.5) is 20.2 Å². The minimum atomic E-state index is -1.15. The molecule has 0 bridgehead atoms. The number of nitrogens with one attached hydrogen (secondary N) is 1. The highest BCUT2D eigenvalue weighted by molar-refractivity contribution is 5.79. The zero-order valence-electron chi connectivity index (χ0n) is 11.1. The van der Waals surface area contributed by atoms with Crippen LogP contribution in [0.3, 0.4) is 0 Å². The van der Waals surface area contributed by atoms with Gasteiger partial charge in [-0.2, -0.15) is 0 Å². The molecular formula is C12H14F2N2O4. The number of nitro benzene ring substituents is 1. The summed E-state index contributed by atoms with van der Waals surface area (Å²) in [6, 6.07) is 0.200. The zero-order valence-corrected chi connectivity index (χ0v) is 11.1. The van der Waals surface area contributed by atoms with Crippen molar-refractivity contribution in [2.45, 2.75) is 19.9 Å². The van der Waals surface area contributed by atoms with E-state index in [0.29, 0.717) is 12.1 Å². The Morgan fingerprint density at radius 3 is 2.20 bits per heavy atom. The van der Waals surface area contributed by atoms with Gasteiger partial charge in [0.25, 0.3) is 5.69 Å². The first-order chi connectivity index (χ1) is 9.27. The summed E-state index contributed by atoms with van der Waals surface area (Å²) in [5.74, 6) is -3.27. The molecule has 110 valence electrons. The molecule has 0 heterocycles. The van der Waals surface area contributed by atoms with E-state index in [1.54, 1.807) is 13.8 Å². The molecule has 0 aliphatic heterocycles. The number of methoxy groups -OCH3 is 1. The average Bonchev–Trinajstić information content (AvgIpc) is 2.36. The maximum atomic E-state index is 13.7. The summed E-state index contributed by atoms with van der Waals surface area (Å²) in [6.07, 6.45) is 0. The number of halogens is 2. The highest BCUT2D eigenvalue weighted by Crippen LogP contribution is 2.26. The first-order valence-electron chi connectivity index (χ1n) is 5.75. The molecule has 0 saturated carbocycles. The fraction of sp³-hybridized carbons (Fsp3) is 0.417. The Hall–Kier alpha value is -2.25. The van der Waals surface area contributed by atoms with Crippen LogP contribution in [0.2, 0.25) is 0 Å². The van der Waals surface area contributed by atoms with E-state index in [4.69, 9.17) is 0 Å². The third-order valence-corrected chi connectivity index (χ3v) is 2.66. The van der Waals surface area contributed by atoms with E-state index < -0.39 is 39.9 Å². The zero-order chi connectivity index (χ0) is 15.4. The quantitative estimate of drug-likeness (QED) is 0.511. The summed E-state index contributed by atoms with van der Waals surface area (Å²) in [5, 5.41) is 12.9. The molecule has 1 N–H and O–H groups in total. The molecular weight excluding hydrogens is 274 g/mol. The maximum Gasteiger partial charge on any atom is 0.328 e. The second-order valence-corrected chi connectivity index (χ2v) is 4.43. The van der Waals surface area contributed by atoms with Crippen LogP contribution in [0, 0.1) is 27.7 Å². The predicted molar refractivity (Wildman–Crippen MR) is 67.3 cm³/mol. The van der Waals surface area contributed by atoms with Crippen LogP contribution in [0.1, 0.15) is 13.8 Å². The summed E-state index contributed by atoms with van der Waals surface area (Å²) < 4.78 is 31.9. The van der Waals surface area contributed by atoms with Crippen molar-refractivity contribution in [3.8, 4) is 0 Å². The molecule has 8 heteroatoms. The van der Waals surface area contributed by atoms with Crippen molar-refractivity contribution in [2.24, 2.45) is 5.92 Å². The van der Waals surface area contributed by atoms with E-state index in [9.17, 15) is 23.7 Å². The lowest BCUT2D eigenvalue weighted by molar-refractivity contribution is -0.385. The smallest absolute Gasteiger partial charge is 0.328 e. The molecule has 0 spiro atoms. The van der Waals surface area contributed by atoms with Crippen molar-refractivity contribution in [2.75, 3.05) is 12.4 Å². The number of hydrogen-bond acceptors (Lipinski definition) is 5. The number of anilines is 1. The van der Waals surface area contributed by atoms with Crippen molar-refractivity contribution >= 4 is 17.3 Å². The highest BCUT2D eigenvalue weighted by Gasteiger charge is 2.26. The molecule has 1 aromatic rings. The van der Waals surface area contributed by atoms with E-state index in [0.717, 1.165) is 7.11 Å². The lowest BCUT2D eigenvalue weighted by Crippen LogP contribution is -2.36. The summed E-state index contributed by atoms with van der Waals surface area (Å²) in [4.78, 5) is 21.1. The van der Waals surface area contributed by atoms with E-state index >= 15 is 0 Å². The number of non-ortho nitro benzene ring substituents is 1. The lowest BCUT2D eigenvalue weighted by atomic mass is 10.0. The number of carbonyl (C=O) groups is 1. The summed E-state index contributed by atoms with van der Waals surface area (Å²) in [6.45, 7) is 3.32. The number of ether oxygens (including phenoxy) is 1. The van der Waals surface area contributed by atoms with Gasteiger partial charge in [0, 0.05) is 0 Å². The maximum absolute atomic E-state index is 13.7. The van der Waals surface area contributed by atoms with Crippen LogP contribution in [0.15, 0.2) is 12.1 Å². The van der Waals surface area contributed by atoms with Gasteiger partial charge < -0.3 is 10.1 Å². The number of esters is 1. The van der Waals surface area contributed by atoms with Gasteiger partial charge in [-0.25, -0.2) is 13.6 Å². The SMILES string of the molecule is COC(=O)C(Nc1c(F)cc([N+](=O)[O-])cc1F)C(C)C. The highest BCUT2D eigenvalue weighted by atomic mass is 19.1. The van der Waals surface area contributed by atoms with Gasteiger partial charge in [-0.15, -0.1) is 0 Å². The monoisotopic (exact) mass is 288 g/mol. The fourth-order valence-electron chi connectivity index (χ4n) is 1.58.